The molecule has 8 heteroatoms. The van der Waals surface area contributed by atoms with E-state index in [0.717, 1.165) is 75.5 Å². The second-order valence-electron chi connectivity index (χ2n) is 11.6. The van der Waals surface area contributed by atoms with Crippen LogP contribution in [0.4, 0.5) is 0 Å². The minimum atomic E-state index is -1.47. The molecule has 1 aliphatic rings. The van der Waals surface area contributed by atoms with Crippen molar-refractivity contribution in [3.63, 3.8) is 0 Å². The minimum Gasteiger partial charge on any atom is -0.423 e. The maximum absolute atomic E-state index is 9.86. The number of rotatable bonds is 17. The molecule has 0 spiro atoms. The molecule has 41 heavy (non-hydrogen) atoms. The molecule has 218 valence electrons. The van der Waals surface area contributed by atoms with Crippen molar-refractivity contribution < 1.29 is 20.1 Å². The third-order valence-electron chi connectivity index (χ3n) is 8.39. The van der Waals surface area contributed by atoms with E-state index < -0.39 is 14.2 Å². The first-order chi connectivity index (χ1) is 20.0. The standard InChI is InChI=1S/C33H46B2N2O4/c38-34(39)32-20-10-8-18-30(32)26-36(24-28-14-4-3-5-15-28)22-12-1-2-13-23-37(25-29-16-6-7-17-29)27-31-19-9-11-21-33(31)35(40)41/h3-5,8-11,14-15,18-21,29,38-41H,1-2,6-7,12-13,16-17,22-27H2. The van der Waals surface area contributed by atoms with Gasteiger partial charge in [-0.05, 0) is 72.3 Å². The first-order valence-electron chi connectivity index (χ1n) is 15.4. The van der Waals surface area contributed by atoms with Gasteiger partial charge in [-0.3, -0.25) is 9.80 Å². The van der Waals surface area contributed by atoms with E-state index in [1.807, 2.05) is 48.5 Å². The zero-order valence-corrected chi connectivity index (χ0v) is 24.3. The predicted molar refractivity (Wildman–Crippen MR) is 169 cm³/mol. The average Bonchev–Trinajstić information content (AvgIpc) is 3.48. The SMILES string of the molecule is OB(O)c1ccccc1CN(CCCCCCN(Cc1ccccc1B(O)O)CC1CCCC1)Cc1ccccc1. The first kappa shape index (κ1) is 31.5. The van der Waals surface area contributed by atoms with Crippen molar-refractivity contribution in [3.05, 3.63) is 95.6 Å². The highest BCUT2D eigenvalue weighted by Gasteiger charge is 2.22. The second-order valence-corrected chi connectivity index (χ2v) is 11.6. The quantitative estimate of drug-likeness (QED) is 0.151. The van der Waals surface area contributed by atoms with Gasteiger partial charge in [-0.15, -0.1) is 0 Å². The third-order valence-corrected chi connectivity index (χ3v) is 8.39. The van der Waals surface area contributed by atoms with Crippen LogP contribution in [0.5, 0.6) is 0 Å². The van der Waals surface area contributed by atoms with Crippen LogP contribution in [0.1, 0.15) is 68.1 Å². The Bertz CT molecular complexity index is 1160. The number of nitrogens with zero attached hydrogens (tertiary/aromatic N) is 2. The normalized spacial score (nSPS) is 13.8. The third kappa shape index (κ3) is 10.4. The van der Waals surface area contributed by atoms with E-state index in [4.69, 9.17) is 0 Å². The molecule has 1 aliphatic carbocycles. The molecule has 1 fully saturated rings. The van der Waals surface area contributed by atoms with Gasteiger partial charge < -0.3 is 20.1 Å². The Balaban J connectivity index is 1.29. The van der Waals surface area contributed by atoms with E-state index >= 15 is 0 Å². The first-order valence-corrected chi connectivity index (χ1v) is 15.4. The molecule has 0 aromatic heterocycles. The summed E-state index contributed by atoms with van der Waals surface area (Å²) in [6, 6.07) is 25.7. The molecule has 4 N–H and O–H groups in total. The van der Waals surface area contributed by atoms with Crippen LogP contribution in [0, 0.1) is 5.92 Å². The molecule has 0 atom stereocenters. The van der Waals surface area contributed by atoms with Crippen molar-refractivity contribution in [3.8, 4) is 0 Å². The number of hydrogen-bond donors (Lipinski definition) is 4. The molecule has 3 aromatic carbocycles. The Morgan fingerprint density at radius 2 is 1.05 bits per heavy atom. The van der Waals surface area contributed by atoms with Gasteiger partial charge in [0, 0.05) is 26.2 Å². The fraction of sp³-hybridized carbons (Fsp3) is 0.455. The smallest absolute Gasteiger partial charge is 0.423 e. The lowest BCUT2D eigenvalue weighted by Gasteiger charge is -2.27. The maximum Gasteiger partial charge on any atom is 0.488 e. The van der Waals surface area contributed by atoms with Gasteiger partial charge in [0.1, 0.15) is 0 Å². The summed E-state index contributed by atoms with van der Waals surface area (Å²) >= 11 is 0. The second kappa shape index (κ2) is 16.9. The molecule has 0 radical (unpaired) electrons. The monoisotopic (exact) mass is 556 g/mol. The van der Waals surface area contributed by atoms with Gasteiger partial charge in [0.2, 0.25) is 0 Å². The van der Waals surface area contributed by atoms with E-state index in [1.54, 1.807) is 6.07 Å². The summed E-state index contributed by atoms with van der Waals surface area (Å²) in [4.78, 5) is 4.93. The molecule has 0 unspecified atom stereocenters. The number of benzene rings is 3. The van der Waals surface area contributed by atoms with Crippen molar-refractivity contribution in [2.75, 3.05) is 19.6 Å². The molecule has 0 bridgehead atoms. The highest BCUT2D eigenvalue weighted by molar-refractivity contribution is 6.59. The molecule has 3 aromatic rings. The van der Waals surface area contributed by atoms with E-state index in [0.29, 0.717) is 17.5 Å². The van der Waals surface area contributed by atoms with E-state index in [9.17, 15) is 20.1 Å². The fourth-order valence-corrected chi connectivity index (χ4v) is 6.21. The lowest BCUT2D eigenvalue weighted by Crippen LogP contribution is -2.37. The van der Waals surface area contributed by atoms with Crippen LogP contribution in [0.15, 0.2) is 78.9 Å². The summed E-state index contributed by atoms with van der Waals surface area (Å²) < 4.78 is 0. The average molecular weight is 556 g/mol. The van der Waals surface area contributed by atoms with Gasteiger partial charge in [-0.1, -0.05) is 105 Å². The van der Waals surface area contributed by atoms with Gasteiger partial charge in [0.15, 0.2) is 0 Å². The summed E-state index contributed by atoms with van der Waals surface area (Å²) in [7, 11) is -2.91. The zero-order chi connectivity index (χ0) is 28.9. The summed E-state index contributed by atoms with van der Waals surface area (Å²) in [6.07, 6.45) is 9.74. The number of unbranched alkanes of at least 4 members (excludes halogenated alkanes) is 3. The maximum atomic E-state index is 9.86. The summed E-state index contributed by atoms with van der Waals surface area (Å²) in [5.74, 6) is 0.744. The Morgan fingerprint density at radius 3 is 1.61 bits per heavy atom. The van der Waals surface area contributed by atoms with Gasteiger partial charge >= 0.3 is 14.2 Å². The van der Waals surface area contributed by atoms with Gasteiger partial charge in [-0.2, -0.15) is 0 Å². The van der Waals surface area contributed by atoms with Crippen LogP contribution >= 0.6 is 0 Å². The molecule has 0 heterocycles. The topological polar surface area (TPSA) is 87.4 Å². The Morgan fingerprint density at radius 1 is 0.561 bits per heavy atom. The van der Waals surface area contributed by atoms with Crippen molar-refractivity contribution in [2.45, 2.75) is 71.0 Å². The Kier molecular flexibility index (Phi) is 12.9. The van der Waals surface area contributed by atoms with E-state index in [1.165, 1.54) is 31.2 Å². The van der Waals surface area contributed by atoms with Gasteiger partial charge in [0.25, 0.3) is 0 Å². The van der Waals surface area contributed by atoms with Crippen molar-refractivity contribution >= 4 is 25.2 Å². The highest BCUT2D eigenvalue weighted by Crippen LogP contribution is 2.26. The lowest BCUT2D eigenvalue weighted by molar-refractivity contribution is 0.217. The Labute approximate surface area is 246 Å². The zero-order valence-electron chi connectivity index (χ0n) is 24.3. The molecule has 1 saturated carbocycles. The summed E-state index contributed by atoms with van der Waals surface area (Å²) in [6.45, 7) is 5.29. The van der Waals surface area contributed by atoms with Crippen LogP contribution < -0.4 is 10.9 Å². The molecule has 0 aliphatic heterocycles. The Hall–Kier alpha value is -2.45. The van der Waals surface area contributed by atoms with Crippen LogP contribution in [-0.4, -0.2) is 63.8 Å². The molecule has 6 nitrogen and oxygen atoms in total. The van der Waals surface area contributed by atoms with Crippen molar-refractivity contribution in [1.82, 2.24) is 9.80 Å². The molecule has 4 rings (SSSR count). The summed E-state index contributed by atoms with van der Waals surface area (Å²) in [5, 5.41) is 39.4. The lowest BCUT2D eigenvalue weighted by atomic mass is 9.77. The van der Waals surface area contributed by atoms with Crippen LogP contribution in [0.25, 0.3) is 0 Å². The number of hydrogen-bond acceptors (Lipinski definition) is 6. The summed E-state index contributed by atoms with van der Waals surface area (Å²) in [5.41, 5.74) is 4.39. The fourth-order valence-electron chi connectivity index (χ4n) is 6.21. The molecular weight excluding hydrogens is 510 g/mol. The van der Waals surface area contributed by atoms with E-state index in [2.05, 4.69) is 34.1 Å². The highest BCUT2D eigenvalue weighted by atomic mass is 16.4. The van der Waals surface area contributed by atoms with Crippen LogP contribution in [0.3, 0.4) is 0 Å². The predicted octanol–water partition coefficient (Wildman–Crippen LogP) is 3.30. The molecule has 0 saturated heterocycles. The van der Waals surface area contributed by atoms with Gasteiger partial charge in [-0.25, -0.2) is 0 Å². The van der Waals surface area contributed by atoms with Gasteiger partial charge in [0.05, 0.1) is 0 Å². The van der Waals surface area contributed by atoms with Crippen molar-refractivity contribution in [1.29, 1.82) is 0 Å². The van der Waals surface area contributed by atoms with Crippen LogP contribution in [0.2, 0.25) is 0 Å². The van der Waals surface area contributed by atoms with Crippen LogP contribution in [-0.2, 0) is 19.6 Å². The van der Waals surface area contributed by atoms with Crippen molar-refractivity contribution in [2.24, 2.45) is 5.92 Å². The van der Waals surface area contributed by atoms with E-state index in [-0.39, 0.29) is 0 Å². The largest absolute Gasteiger partial charge is 0.488 e. The minimum absolute atomic E-state index is 0.572. The molecular formula is C33H46B2N2O4. The molecule has 0 amide bonds.